The molecule has 3 rings (SSSR count). The van der Waals surface area contributed by atoms with Crippen molar-refractivity contribution in [2.75, 3.05) is 51.2 Å². The summed E-state index contributed by atoms with van der Waals surface area (Å²) in [6.07, 6.45) is 0. The SMILES string of the molecule is CC(C)c1ccc(NC(=O)C[NH+]2CC[NH+](CCOc3ccc(Cl)cc3)CC2)cc1. The Labute approximate surface area is 178 Å². The molecule has 1 saturated heterocycles. The van der Waals surface area contributed by atoms with Gasteiger partial charge in [0, 0.05) is 10.7 Å². The summed E-state index contributed by atoms with van der Waals surface area (Å²) in [5.74, 6) is 1.45. The first-order valence-corrected chi connectivity index (χ1v) is 10.8. The molecule has 0 spiro atoms. The fourth-order valence-corrected chi connectivity index (χ4v) is 3.74. The maximum absolute atomic E-state index is 12.4. The van der Waals surface area contributed by atoms with Gasteiger partial charge in [-0.05, 0) is 47.9 Å². The average molecular weight is 418 g/mol. The number of hydrogen-bond donors (Lipinski definition) is 3. The van der Waals surface area contributed by atoms with E-state index in [1.54, 1.807) is 0 Å². The van der Waals surface area contributed by atoms with E-state index in [1.165, 1.54) is 15.4 Å². The molecule has 2 aromatic rings. The minimum Gasteiger partial charge on any atom is -0.488 e. The van der Waals surface area contributed by atoms with E-state index in [9.17, 15) is 4.79 Å². The second-order valence-corrected chi connectivity index (χ2v) is 8.49. The van der Waals surface area contributed by atoms with Crippen molar-refractivity contribution in [2.24, 2.45) is 0 Å². The second kappa shape index (κ2) is 10.6. The van der Waals surface area contributed by atoms with Crippen LogP contribution in [0.15, 0.2) is 48.5 Å². The number of quaternary nitrogens is 2. The minimum atomic E-state index is 0.0896. The lowest BCUT2D eigenvalue weighted by molar-refractivity contribution is -1.01. The van der Waals surface area contributed by atoms with E-state index < -0.39 is 0 Å². The Bertz CT molecular complexity index is 770. The quantitative estimate of drug-likeness (QED) is 0.605. The van der Waals surface area contributed by atoms with Crippen LogP contribution in [-0.2, 0) is 4.79 Å². The van der Waals surface area contributed by atoms with Gasteiger partial charge in [0.05, 0.1) is 0 Å². The Hall–Kier alpha value is -2.08. The van der Waals surface area contributed by atoms with Gasteiger partial charge in [0.15, 0.2) is 6.54 Å². The zero-order valence-electron chi connectivity index (χ0n) is 17.3. The first-order valence-electron chi connectivity index (χ1n) is 10.4. The van der Waals surface area contributed by atoms with Gasteiger partial charge in [0.1, 0.15) is 45.1 Å². The number of rotatable bonds is 8. The van der Waals surface area contributed by atoms with Crippen LogP contribution in [0.3, 0.4) is 0 Å². The Balaban J connectivity index is 1.33. The minimum absolute atomic E-state index is 0.0896. The van der Waals surface area contributed by atoms with Crippen LogP contribution in [0.1, 0.15) is 25.3 Å². The highest BCUT2D eigenvalue weighted by Crippen LogP contribution is 2.17. The Morgan fingerprint density at radius 2 is 1.62 bits per heavy atom. The zero-order chi connectivity index (χ0) is 20.6. The van der Waals surface area contributed by atoms with Gasteiger partial charge in [-0.2, -0.15) is 0 Å². The van der Waals surface area contributed by atoms with E-state index in [0.29, 0.717) is 19.1 Å². The molecule has 0 radical (unpaired) electrons. The number of carbonyl (C=O) groups is 1. The van der Waals surface area contributed by atoms with Crippen LogP contribution < -0.4 is 19.9 Å². The molecule has 1 aliphatic heterocycles. The Morgan fingerprint density at radius 1 is 1.00 bits per heavy atom. The molecule has 1 amide bonds. The summed E-state index contributed by atoms with van der Waals surface area (Å²) in [4.78, 5) is 15.3. The highest BCUT2D eigenvalue weighted by atomic mass is 35.5. The number of anilines is 1. The predicted octanol–water partition coefficient (Wildman–Crippen LogP) is 1.26. The van der Waals surface area contributed by atoms with Crippen molar-refractivity contribution in [3.8, 4) is 5.75 Å². The van der Waals surface area contributed by atoms with Crippen molar-refractivity contribution in [1.82, 2.24) is 0 Å². The number of piperazine rings is 1. The van der Waals surface area contributed by atoms with Crippen molar-refractivity contribution >= 4 is 23.2 Å². The summed E-state index contributed by atoms with van der Waals surface area (Å²) in [7, 11) is 0. The first kappa shape index (κ1) is 21.6. The number of ether oxygens (including phenoxy) is 1. The number of amides is 1. The molecule has 0 aliphatic carbocycles. The monoisotopic (exact) mass is 417 g/mol. The normalized spacial score (nSPS) is 19.2. The molecule has 0 unspecified atom stereocenters. The number of nitrogens with one attached hydrogen (secondary N) is 3. The third kappa shape index (κ3) is 7.03. The summed E-state index contributed by atoms with van der Waals surface area (Å²) in [5.41, 5.74) is 2.16. The number of hydrogen-bond acceptors (Lipinski definition) is 2. The van der Waals surface area contributed by atoms with Gasteiger partial charge in [0.2, 0.25) is 0 Å². The molecular formula is C23H32ClN3O2+2. The van der Waals surface area contributed by atoms with Crippen molar-refractivity contribution in [1.29, 1.82) is 0 Å². The lowest BCUT2D eigenvalue weighted by Gasteiger charge is -2.29. The van der Waals surface area contributed by atoms with Crippen LogP contribution in [0.4, 0.5) is 5.69 Å². The van der Waals surface area contributed by atoms with Gasteiger partial charge in [-0.1, -0.05) is 37.6 Å². The maximum Gasteiger partial charge on any atom is 0.279 e. The van der Waals surface area contributed by atoms with E-state index in [2.05, 4.69) is 31.3 Å². The van der Waals surface area contributed by atoms with E-state index in [4.69, 9.17) is 16.3 Å². The number of benzene rings is 2. The van der Waals surface area contributed by atoms with Gasteiger partial charge in [-0.15, -0.1) is 0 Å². The molecule has 0 saturated carbocycles. The van der Waals surface area contributed by atoms with Crippen LogP contribution in [0.25, 0.3) is 0 Å². The van der Waals surface area contributed by atoms with Crippen LogP contribution in [-0.4, -0.2) is 51.8 Å². The van der Waals surface area contributed by atoms with Crippen LogP contribution in [0.2, 0.25) is 5.02 Å². The fourth-order valence-electron chi connectivity index (χ4n) is 3.61. The van der Waals surface area contributed by atoms with Crippen LogP contribution >= 0.6 is 11.6 Å². The summed E-state index contributed by atoms with van der Waals surface area (Å²) in [6.45, 7) is 10.7. The highest BCUT2D eigenvalue weighted by Gasteiger charge is 2.24. The Morgan fingerprint density at radius 3 is 2.24 bits per heavy atom. The smallest absolute Gasteiger partial charge is 0.279 e. The van der Waals surface area contributed by atoms with Gasteiger partial charge >= 0.3 is 0 Å². The van der Waals surface area contributed by atoms with Crippen molar-refractivity contribution in [3.05, 3.63) is 59.1 Å². The predicted molar refractivity (Wildman–Crippen MR) is 117 cm³/mol. The lowest BCUT2D eigenvalue weighted by Crippen LogP contribution is -3.28. The standard InChI is InChI=1S/C23H30ClN3O2/c1-18(2)19-3-7-21(8-4-19)25-23(28)17-27-13-11-26(12-14-27)15-16-29-22-9-5-20(24)6-10-22/h3-10,18H,11-17H2,1-2H3,(H,25,28)/p+2. The van der Waals surface area contributed by atoms with E-state index in [0.717, 1.165) is 49.2 Å². The third-order valence-corrected chi connectivity index (χ3v) is 5.73. The van der Waals surface area contributed by atoms with E-state index in [-0.39, 0.29) is 5.91 Å². The summed E-state index contributed by atoms with van der Waals surface area (Å²) >= 11 is 5.89. The maximum atomic E-state index is 12.4. The molecule has 0 atom stereocenters. The van der Waals surface area contributed by atoms with E-state index in [1.807, 2.05) is 36.4 Å². The summed E-state index contributed by atoms with van der Waals surface area (Å²) < 4.78 is 5.79. The van der Waals surface area contributed by atoms with Gasteiger partial charge in [-0.3, -0.25) is 4.79 Å². The molecule has 29 heavy (non-hydrogen) atoms. The summed E-state index contributed by atoms with van der Waals surface area (Å²) in [6, 6.07) is 15.6. The average Bonchev–Trinajstić information content (AvgIpc) is 2.71. The van der Waals surface area contributed by atoms with Gasteiger partial charge in [-0.25, -0.2) is 0 Å². The first-order chi connectivity index (χ1) is 14.0. The largest absolute Gasteiger partial charge is 0.488 e. The van der Waals surface area contributed by atoms with Crippen molar-refractivity contribution < 1.29 is 19.3 Å². The topological polar surface area (TPSA) is 47.2 Å². The molecule has 6 heteroatoms. The van der Waals surface area contributed by atoms with Crippen molar-refractivity contribution in [3.63, 3.8) is 0 Å². The van der Waals surface area contributed by atoms with Gasteiger partial charge < -0.3 is 19.9 Å². The Kier molecular flexibility index (Phi) is 7.92. The molecule has 0 bridgehead atoms. The second-order valence-electron chi connectivity index (χ2n) is 8.05. The lowest BCUT2D eigenvalue weighted by atomic mass is 10.0. The van der Waals surface area contributed by atoms with E-state index >= 15 is 0 Å². The molecule has 1 aliphatic rings. The number of halogens is 1. The molecule has 1 fully saturated rings. The van der Waals surface area contributed by atoms with Crippen LogP contribution in [0, 0.1) is 0 Å². The molecule has 3 N–H and O–H groups in total. The number of carbonyl (C=O) groups excluding carboxylic acids is 1. The molecular weight excluding hydrogens is 386 g/mol. The molecule has 2 aromatic carbocycles. The molecule has 1 heterocycles. The van der Waals surface area contributed by atoms with Crippen molar-refractivity contribution in [2.45, 2.75) is 19.8 Å². The highest BCUT2D eigenvalue weighted by molar-refractivity contribution is 6.30. The molecule has 156 valence electrons. The summed E-state index contributed by atoms with van der Waals surface area (Å²) in [5, 5.41) is 3.75. The third-order valence-electron chi connectivity index (χ3n) is 5.47. The fraction of sp³-hybridized carbons (Fsp3) is 0.435. The van der Waals surface area contributed by atoms with Crippen LogP contribution in [0.5, 0.6) is 5.75 Å². The molecule has 0 aromatic heterocycles. The molecule has 5 nitrogen and oxygen atoms in total. The zero-order valence-corrected chi connectivity index (χ0v) is 18.1. The van der Waals surface area contributed by atoms with Gasteiger partial charge in [0.25, 0.3) is 5.91 Å².